The highest BCUT2D eigenvalue weighted by atomic mass is 19.1. The van der Waals surface area contributed by atoms with Crippen molar-refractivity contribution in [3.05, 3.63) is 78.7 Å². The van der Waals surface area contributed by atoms with E-state index in [1.165, 1.54) is 6.07 Å². The average Bonchev–Trinajstić information content (AvgIpc) is 2.85. The Hall–Kier alpha value is -4.04. The quantitative estimate of drug-likeness (QED) is 0.459. The van der Waals surface area contributed by atoms with Crippen LogP contribution in [0.15, 0.2) is 72.9 Å². The maximum Gasteiger partial charge on any atom is 0.231 e. The van der Waals surface area contributed by atoms with Gasteiger partial charge >= 0.3 is 0 Å². The van der Waals surface area contributed by atoms with E-state index in [2.05, 4.69) is 10.3 Å². The van der Waals surface area contributed by atoms with Crippen LogP contribution in [0, 0.1) is 5.82 Å². The van der Waals surface area contributed by atoms with E-state index in [1.807, 2.05) is 64.4 Å². The summed E-state index contributed by atoms with van der Waals surface area (Å²) in [5, 5.41) is 4.07. The van der Waals surface area contributed by atoms with Gasteiger partial charge in [0.05, 0.1) is 17.7 Å². The van der Waals surface area contributed by atoms with Crippen molar-refractivity contribution < 1.29 is 9.18 Å². The number of benzene rings is 3. The first-order valence-electron chi connectivity index (χ1n) is 11.2. The van der Waals surface area contributed by atoms with Crippen LogP contribution in [-0.2, 0) is 4.79 Å². The Morgan fingerprint density at radius 1 is 1.00 bits per heavy atom. The fraction of sp³-hybridized carbons (Fsp3) is 0.192. The maximum absolute atomic E-state index is 15.0. The molecule has 8 heteroatoms. The molecule has 0 bridgehead atoms. The van der Waals surface area contributed by atoms with Gasteiger partial charge in [-0.15, -0.1) is 0 Å². The molecule has 0 atom stereocenters. The zero-order valence-corrected chi connectivity index (χ0v) is 18.6. The molecule has 3 N–H and O–H groups in total. The highest BCUT2D eigenvalue weighted by Gasteiger charge is 2.20. The van der Waals surface area contributed by atoms with Crippen molar-refractivity contribution in [3.63, 3.8) is 0 Å². The van der Waals surface area contributed by atoms with Crippen molar-refractivity contribution >= 4 is 34.1 Å². The van der Waals surface area contributed by atoms with Crippen molar-refractivity contribution in [2.45, 2.75) is 0 Å². The molecule has 1 aromatic heterocycles. The Morgan fingerprint density at radius 2 is 1.79 bits per heavy atom. The topological polar surface area (TPSA) is 87.4 Å². The van der Waals surface area contributed by atoms with Crippen molar-refractivity contribution in [3.8, 4) is 11.1 Å². The summed E-state index contributed by atoms with van der Waals surface area (Å²) in [5.74, 6) is -0.260. The minimum atomic E-state index is -0.346. The lowest BCUT2D eigenvalue weighted by atomic mass is 10.0. The first kappa shape index (κ1) is 21.8. The van der Waals surface area contributed by atoms with E-state index in [1.54, 1.807) is 12.3 Å². The predicted molar refractivity (Wildman–Crippen MR) is 133 cm³/mol. The summed E-state index contributed by atoms with van der Waals surface area (Å²) in [6.45, 7) is 2.82. The van der Waals surface area contributed by atoms with Gasteiger partial charge in [0.15, 0.2) is 0 Å². The van der Waals surface area contributed by atoms with Crippen LogP contribution in [-0.4, -0.2) is 53.5 Å². The molecule has 172 valence electrons. The third-order valence-electron chi connectivity index (χ3n) is 5.99. The lowest BCUT2D eigenvalue weighted by Gasteiger charge is -2.35. The molecule has 3 aromatic carbocycles. The van der Waals surface area contributed by atoms with E-state index >= 15 is 0 Å². The molecule has 0 aliphatic carbocycles. The van der Waals surface area contributed by atoms with E-state index in [-0.39, 0.29) is 18.3 Å². The molecule has 0 radical (unpaired) electrons. The first-order chi connectivity index (χ1) is 16.6. The van der Waals surface area contributed by atoms with E-state index in [9.17, 15) is 9.18 Å². The Morgan fingerprint density at radius 3 is 2.53 bits per heavy atom. The second-order valence-electron chi connectivity index (χ2n) is 8.32. The summed E-state index contributed by atoms with van der Waals surface area (Å²) in [4.78, 5) is 24.2. The molecule has 0 saturated carbocycles. The van der Waals surface area contributed by atoms with Gasteiger partial charge in [-0.3, -0.25) is 9.69 Å². The van der Waals surface area contributed by atoms with Crippen molar-refractivity contribution in [2.24, 2.45) is 5.73 Å². The van der Waals surface area contributed by atoms with Crippen LogP contribution in [0.4, 0.5) is 21.7 Å². The standard InChI is InChI=1S/C26H25FN6O/c27-22-15-20(9-10-23(22)33-13-11-32(12-14-33)17-24(28)34)30-26-29-16-19-7-4-8-21(25(19)31-26)18-5-2-1-3-6-18/h1-10,15-16H,11-14,17H2,(H2,28,34)(H,29,30,31). The molecule has 1 aliphatic heterocycles. The summed E-state index contributed by atoms with van der Waals surface area (Å²) < 4.78 is 15.0. The lowest BCUT2D eigenvalue weighted by molar-refractivity contribution is -0.119. The monoisotopic (exact) mass is 456 g/mol. The Kier molecular flexibility index (Phi) is 6.05. The second kappa shape index (κ2) is 9.44. The minimum Gasteiger partial charge on any atom is -0.369 e. The van der Waals surface area contributed by atoms with Crippen LogP contribution in [0.2, 0.25) is 0 Å². The molecule has 2 heterocycles. The molecule has 1 aliphatic rings. The van der Waals surface area contributed by atoms with Gasteiger partial charge in [-0.1, -0.05) is 48.5 Å². The number of piperazine rings is 1. The van der Waals surface area contributed by atoms with Gasteiger partial charge < -0.3 is 16.0 Å². The summed E-state index contributed by atoms with van der Waals surface area (Å²) >= 11 is 0. The maximum atomic E-state index is 15.0. The lowest BCUT2D eigenvalue weighted by Crippen LogP contribution is -2.49. The van der Waals surface area contributed by atoms with Gasteiger partial charge in [-0.25, -0.2) is 14.4 Å². The molecular weight excluding hydrogens is 431 g/mol. The number of nitrogens with zero attached hydrogens (tertiary/aromatic N) is 4. The number of fused-ring (bicyclic) bond motifs is 1. The SMILES string of the molecule is NC(=O)CN1CCN(c2ccc(Nc3ncc4cccc(-c5ccccc5)c4n3)cc2F)CC1. The van der Waals surface area contributed by atoms with Crippen LogP contribution in [0.5, 0.6) is 0 Å². The van der Waals surface area contributed by atoms with Gasteiger partial charge in [-0.05, 0) is 23.8 Å². The number of amides is 1. The highest BCUT2D eigenvalue weighted by molar-refractivity contribution is 5.93. The van der Waals surface area contributed by atoms with Gasteiger partial charge in [0, 0.05) is 49.0 Å². The summed E-state index contributed by atoms with van der Waals surface area (Å²) in [6, 6.07) is 21.1. The first-order valence-corrected chi connectivity index (χ1v) is 11.2. The number of halogens is 1. The minimum absolute atomic E-state index is 0.233. The number of nitrogens with two attached hydrogens (primary N) is 1. The van der Waals surface area contributed by atoms with Crippen LogP contribution < -0.4 is 16.0 Å². The number of anilines is 3. The third-order valence-corrected chi connectivity index (χ3v) is 5.99. The van der Waals surface area contributed by atoms with Crippen LogP contribution in [0.25, 0.3) is 22.0 Å². The van der Waals surface area contributed by atoms with E-state index < -0.39 is 0 Å². The van der Waals surface area contributed by atoms with Gasteiger partial charge in [0.1, 0.15) is 5.82 Å². The van der Waals surface area contributed by atoms with Crippen LogP contribution in [0.3, 0.4) is 0 Å². The number of carbonyl (C=O) groups is 1. The number of hydrogen-bond acceptors (Lipinski definition) is 6. The third kappa shape index (κ3) is 4.67. The average molecular weight is 457 g/mol. The molecule has 4 aromatic rings. The summed E-state index contributed by atoms with van der Waals surface area (Å²) in [7, 11) is 0. The summed E-state index contributed by atoms with van der Waals surface area (Å²) in [5.41, 5.74) is 9.30. The number of hydrogen-bond donors (Lipinski definition) is 2. The number of para-hydroxylation sites is 1. The molecule has 7 nitrogen and oxygen atoms in total. The van der Waals surface area contributed by atoms with Crippen LogP contribution in [0.1, 0.15) is 0 Å². The van der Waals surface area contributed by atoms with Gasteiger partial charge in [0.25, 0.3) is 0 Å². The van der Waals surface area contributed by atoms with E-state index in [4.69, 9.17) is 10.7 Å². The van der Waals surface area contributed by atoms with Crippen molar-refractivity contribution in [1.29, 1.82) is 0 Å². The van der Waals surface area contributed by atoms with Crippen LogP contribution >= 0.6 is 0 Å². The molecule has 1 amide bonds. The Balaban J connectivity index is 1.34. The number of nitrogens with one attached hydrogen (secondary N) is 1. The van der Waals surface area contributed by atoms with E-state index in [0.29, 0.717) is 43.5 Å². The Labute approximate surface area is 197 Å². The fourth-order valence-corrected chi connectivity index (χ4v) is 4.30. The number of rotatable bonds is 6. The molecule has 5 rings (SSSR count). The van der Waals surface area contributed by atoms with E-state index in [0.717, 1.165) is 22.0 Å². The van der Waals surface area contributed by atoms with Crippen molar-refractivity contribution in [2.75, 3.05) is 42.9 Å². The van der Waals surface area contributed by atoms with Gasteiger partial charge in [0.2, 0.25) is 11.9 Å². The molecule has 1 fully saturated rings. The molecule has 1 saturated heterocycles. The normalized spacial score (nSPS) is 14.3. The number of carbonyl (C=O) groups excluding carboxylic acids is 1. The fourth-order valence-electron chi connectivity index (χ4n) is 4.30. The zero-order chi connectivity index (χ0) is 23.5. The number of aromatic nitrogens is 2. The number of primary amides is 1. The zero-order valence-electron chi connectivity index (χ0n) is 18.6. The highest BCUT2D eigenvalue weighted by Crippen LogP contribution is 2.29. The molecule has 0 spiro atoms. The van der Waals surface area contributed by atoms with Gasteiger partial charge in [-0.2, -0.15) is 0 Å². The van der Waals surface area contributed by atoms with Crippen molar-refractivity contribution in [1.82, 2.24) is 14.9 Å². The smallest absolute Gasteiger partial charge is 0.231 e. The Bertz CT molecular complexity index is 1320. The molecule has 0 unspecified atom stereocenters. The second-order valence-corrected chi connectivity index (χ2v) is 8.32. The summed E-state index contributed by atoms with van der Waals surface area (Å²) in [6.07, 6.45) is 1.77. The molecule has 34 heavy (non-hydrogen) atoms. The predicted octanol–water partition coefficient (Wildman–Crippen LogP) is 3.79. The largest absolute Gasteiger partial charge is 0.369 e. The molecular formula is C26H25FN6O.